The van der Waals surface area contributed by atoms with Gasteiger partial charge in [0.25, 0.3) is 0 Å². The lowest BCUT2D eigenvalue weighted by atomic mass is 10.0. The molecule has 156 valence electrons. The van der Waals surface area contributed by atoms with E-state index in [0.29, 0.717) is 39.3 Å². The van der Waals surface area contributed by atoms with Gasteiger partial charge >= 0.3 is 0 Å². The van der Waals surface area contributed by atoms with E-state index in [1.165, 1.54) is 6.34 Å². The van der Waals surface area contributed by atoms with Gasteiger partial charge in [0.05, 0.1) is 37.2 Å². The van der Waals surface area contributed by atoms with E-state index in [-0.39, 0.29) is 6.61 Å². The van der Waals surface area contributed by atoms with Gasteiger partial charge in [-0.1, -0.05) is 29.3 Å². The van der Waals surface area contributed by atoms with E-state index in [2.05, 4.69) is 15.0 Å². The van der Waals surface area contributed by atoms with Gasteiger partial charge in [0.15, 0.2) is 0 Å². The van der Waals surface area contributed by atoms with Crippen LogP contribution in [0.2, 0.25) is 10.0 Å². The van der Waals surface area contributed by atoms with Crippen molar-refractivity contribution < 1.29 is 14.2 Å². The Kier molecular flexibility index (Phi) is 5.97. The minimum Gasteiger partial charge on any atom is -0.497 e. The Bertz CT molecular complexity index is 1060. The van der Waals surface area contributed by atoms with Crippen LogP contribution in [-0.4, -0.2) is 30.0 Å². The fraction of sp³-hybridized carbons (Fsp3) is 0.238. The SMILES string of the molecule is COc1ccc(N=CN)c([C@@H]2CO[C@](Cc3ncc[nH]3)(c3ccc(Cl)cc3Cl)O2)c1. The van der Waals surface area contributed by atoms with E-state index in [1.54, 1.807) is 37.7 Å². The number of nitrogens with one attached hydrogen (secondary N) is 1. The summed E-state index contributed by atoms with van der Waals surface area (Å²) in [6.45, 7) is 0.278. The lowest BCUT2D eigenvalue weighted by Crippen LogP contribution is -2.31. The third-order valence-corrected chi connectivity index (χ3v) is 5.44. The smallest absolute Gasteiger partial charge is 0.204 e. The largest absolute Gasteiger partial charge is 0.497 e. The Labute approximate surface area is 183 Å². The molecule has 1 aliphatic heterocycles. The topological polar surface area (TPSA) is 94.8 Å². The maximum absolute atomic E-state index is 6.53. The molecule has 0 aliphatic carbocycles. The molecule has 2 atom stereocenters. The molecule has 1 fully saturated rings. The number of imidazole rings is 1. The zero-order valence-electron chi connectivity index (χ0n) is 16.1. The number of aromatic amines is 1. The van der Waals surface area contributed by atoms with Crippen LogP contribution in [-0.2, 0) is 21.7 Å². The number of nitrogens with two attached hydrogens (primary N) is 1. The summed E-state index contributed by atoms with van der Waals surface area (Å²) in [6, 6.07) is 10.7. The Morgan fingerprint density at radius 2 is 2.20 bits per heavy atom. The minimum atomic E-state index is -1.16. The molecule has 3 aromatic rings. The van der Waals surface area contributed by atoms with Crippen LogP contribution in [0, 0.1) is 0 Å². The average molecular weight is 447 g/mol. The van der Waals surface area contributed by atoms with E-state index < -0.39 is 11.9 Å². The van der Waals surface area contributed by atoms with Crippen LogP contribution in [0.4, 0.5) is 5.69 Å². The summed E-state index contributed by atoms with van der Waals surface area (Å²) in [7, 11) is 1.60. The highest BCUT2D eigenvalue weighted by atomic mass is 35.5. The molecule has 0 amide bonds. The Morgan fingerprint density at radius 3 is 2.90 bits per heavy atom. The van der Waals surface area contributed by atoms with Crippen molar-refractivity contribution in [3.05, 3.63) is 75.8 Å². The van der Waals surface area contributed by atoms with Crippen molar-refractivity contribution in [2.75, 3.05) is 13.7 Å². The molecule has 3 N–H and O–H groups in total. The van der Waals surface area contributed by atoms with Crippen molar-refractivity contribution >= 4 is 35.2 Å². The molecule has 0 unspecified atom stereocenters. The standard InChI is InChI=1S/C21H20Cl2N4O3/c1-28-14-3-5-18(27-12-24)15(9-14)19-11-29-21(30-19,10-20-25-6-7-26-20)16-4-2-13(22)8-17(16)23/h2-9,12,19H,10-11H2,1H3,(H2,24,27)(H,25,26)/t19-,21-/m0/s1. The molecular weight excluding hydrogens is 427 g/mol. The molecule has 0 saturated carbocycles. The van der Waals surface area contributed by atoms with Gasteiger partial charge in [-0.2, -0.15) is 0 Å². The summed E-state index contributed by atoms with van der Waals surface area (Å²) in [6.07, 6.45) is 4.56. The highest BCUT2D eigenvalue weighted by Crippen LogP contribution is 2.47. The van der Waals surface area contributed by atoms with Crippen LogP contribution in [0.3, 0.4) is 0 Å². The van der Waals surface area contributed by atoms with Gasteiger partial charge in [0, 0.05) is 28.5 Å². The Morgan fingerprint density at radius 1 is 1.33 bits per heavy atom. The first-order valence-electron chi connectivity index (χ1n) is 9.22. The Hall–Kier alpha value is -2.58. The van der Waals surface area contributed by atoms with E-state index in [0.717, 1.165) is 5.56 Å². The van der Waals surface area contributed by atoms with Crippen molar-refractivity contribution in [3.8, 4) is 5.75 Å². The van der Waals surface area contributed by atoms with Crippen LogP contribution in [0.5, 0.6) is 5.75 Å². The molecule has 0 radical (unpaired) electrons. The number of ether oxygens (including phenoxy) is 3. The lowest BCUT2D eigenvalue weighted by molar-refractivity contribution is -0.177. The second-order valence-corrected chi connectivity index (χ2v) is 7.55. The number of aliphatic imine (C=N–C) groups is 1. The molecule has 0 bridgehead atoms. The number of methoxy groups -OCH3 is 1. The molecular formula is C21H20Cl2N4O3. The third kappa shape index (κ3) is 4.02. The van der Waals surface area contributed by atoms with E-state index in [1.807, 2.05) is 18.2 Å². The van der Waals surface area contributed by atoms with E-state index in [9.17, 15) is 0 Å². The van der Waals surface area contributed by atoms with Crippen molar-refractivity contribution in [3.63, 3.8) is 0 Å². The van der Waals surface area contributed by atoms with Gasteiger partial charge in [0.1, 0.15) is 17.7 Å². The van der Waals surface area contributed by atoms with Gasteiger partial charge in [-0.05, 0) is 30.3 Å². The lowest BCUT2D eigenvalue weighted by Gasteiger charge is -2.29. The average Bonchev–Trinajstić information content (AvgIpc) is 3.39. The summed E-state index contributed by atoms with van der Waals surface area (Å²) in [5.41, 5.74) is 7.66. The van der Waals surface area contributed by atoms with E-state index in [4.69, 9.17) is 43.1 Å². The zero-order valence-corrected chi connectivity index (χ0v) is 17.7. The van der Waals surface area contributed by atoms with Gasteiger partial charge in [-0.25, -0.2) is 9.98 Å². The second kappa shape index (κ2) is 8.65. The molecule has 30 heavy (non-hydrogen) atoms. The predicted molar refractivity (Wildman–Crippen MR) is 116 cm³/mol. The van der Waals surface area contributed by atoms with Gasteiger partial charge in [-0.15, -0.1) is 0 Å². The first-order chi connectivity index (χ1) is 14.5. The molecule has 4 rings (SSSR count). The van der Waals surface area contributed by atoms with Crippen molar-refractivity contribution in [2.45, 2.75) is 18.3 Å². The number of halogens is 2. The molecule has 1 aliphatic rings. The number of benzene rings is 2. The van der Waals surface area contributed by atoms with E-state index >= 15 is 0 Å². The number of hydrogen-bond donors (Lipinski definition) is 2. The first-order valence-corrected chi connectivity index (χ1v) is 9.98. The monoisotopic (exact) mass is 446 g/mol. The number of aromatic nitrogens is 2. The van der Waals surface area contributed by atoms with Gasteiger partial charge in [0.2, 0.25) is 5.79 Å². The van der Waals surface area contributed by atoms with Crippen LogP contribution >= 0.6 is 23.2 Å². The molecule has 1 aromatic heterocycles. The van der Waals surface area contributed by atoms with Crippen LogP contribution in [0.15, 0.2) is 53.8 Å². The maximum Gasteiger partial charge on any atom is 0.204 e. The molecule has 0 spiro atoms. The normalized spacial score (nSPS) is 21.4. The Balaban J connectivity index is 1.76. The summed E-state index contributed by atoms with van der Waals surface area (Å²) < 4.78 is 18.2. The summed E-state index contributed by atoms with van der Waals surface area (Å²) in [5, 5.41) is 0.972. The number of H-pyrrole nitrogens is 1. The summed E-state index contributed by atoms with van der Waals surface area (Å²) in [4.78, 5) is 11.7. The molecule has 2 aromatic carbocycles. The summed E-state index contributed by atoms with van der Waals surface area (Å²) in [5.74, 6) is 0.224. The molecule has 9 heteroatoms. The number of nitrogens with zero attached hydrogens (tertiary/aromatic N) is 2. The molecule has 2 heterocycles. The highest BCUT2D eigenvalue weighted by Gasteiger charge is 2.46. The molecule has 1 saturated heterocycles. The fourth-order valence-corrected chi connectivity index (χ4v) is 4.07. The quantitative estimate of drug-likeness (QED) is 0.428. The van der Waals surface area contributed by atoms with Crippen molar-refractivity contribution in [2.24, 2.45) is 10.7 Å². The second-order valence-electron chi connectivity index (χ2n) is 6.71. The maximum atomic E-state index is 6.53. The first kappa shape index (κ1) is 20.7. The third-order valence-electron chi connectivity index (χ3n) is 4.89. The number of rotatable bonds is 6. The van der Waals surface area contributed by atoms with Crippen LogP contribution in [0.1, 0.15) is 23.1 Å². The van der Waals surface area contributed by atoms with Crippen molar-refractivity contribution in [1.29, 1.82) is 0 Å². The van der Waals surface area contributed by atoms with Crippen LogP contribution in [0.25, 0.3) is 0 Å². The highest BCUT2D eigenvalue weighted by molar-refractivity contribution is 6.35. The van der Waals surface area contributed by atoms with Gasteiger partial charge in [-0.3, -0.25) is 0 Å². The number of hydrogen-bond acceptors (Lipinski definition) is 5. The minimum absolute atomic E-state index is 0.278. The molecule has 7 nitrogen and oxygen atoms in total. The summed E-state index contributed by atoms with van der Waals surface area (Å²) >= 11 is 12.6. The fourth-order valence-electron chi connectivity index (χ4n) is 3.52. The predicted octanol–water partition coefficient (Wildman–Crippen LogP) is 4.53. The zero-order chi connectivity index (χ0) is 21.1. The van der Waals surface area contributed by atoms with Gasteiger partial charge < -0.3 is 24.9 Å². The van der Waals surface area contributed by atoms with Crippen LogP contribution < -0.4 is 10.5 Å². The van der Waals surface area contributed by atoms with Crippen molar-refractivity contribution in [1.82, 2.24) is 9.97 Å².